The summed E-state index contributed by atoms with van der Waals surface area (Å²) in [6.45, 7) is 7.76. The third kappa shape index (κ3) is 4.17. The average Bonchev–Trinajstić information content (AvgIpc) is 3.30. The highest BCUT2D eigenvalue weighted by Gasteiger charge is 2.21. The molecule has 9 heteroatoms. The maximum absolute atomic E-state index is 11.4. The van der Waals surface area contributed by atoms with Crippen LogP contribution in [0.1, 0.15) is 19.7 Å². The SMILES string of the molecule is CCNC(=NCc1nc(-c2ccco2)n[nH]1)N1CCN(C(C)=O)CC1. The summed E-state index contributed by atoms with van der Waals surface area (Å²) >= 11 is 0. The minimum atomic E-state index is 0.119. The van der Waals surface area contributed by atoms with Gasteiger partial charge in [0.25, 0.3) is 0 Å². The largest absolute Gasteiger partial charge is 0.461 e. The number of H-pyrrole nitrogens is 1. The lowest BCUT2D eigenvalue weighted by Gasteiger charge is -2.36. The van der Waals surface area contributed by atoms with Gasteiger partial charge < -0.3 is 19.5 Å². The van der Waals surface area contributed by atoms with Gasteiger partial charge in [-0.15, -0.1) is 5.10 Å². The minimum Gasteiger partial charge on any atom is -0.461 e. The molecule has 25 heavy (non-hydrogen) atoms. The van der Waals surface area contributed by atoms with Gasteiger partial charge in [-0.25, -0.2) is 9.98 Å². The predicted octanol–water partition coefficient (Wildman–Crippen LogP) is 0.694. The van der Waals surface area contributed by atoms with E-state index in [1.807, 2.05) is 17.9 Å². The van der Waals surface area contributed by atoms with E-state index in [0.29, 0.717) is 37.0 Å². The fourth-order valence-electron chi connectivity index (χ4n) is 2.69. The van der Waals surface area contributed by atoms with Gasteiger partial charge >= 0.3 is 0 Å². The molecule has 0 unspecified atom stereocenters. The summed E-state index contributed by atoms with van der Waals surface area (Å²) in [5.74, 6) is 2.76. The molecule has 1 fully saturated rings. The molecule has 3 rings (SSSR count). The second kappa shape index (κ2) is 7.82. The van der Waals surface area contributed by atoms with Crippen molar-refractivity contribution in [3.05, 3.63) is 24.2 Å². The van der Waals surface area contributed by atoms with E-state index in [0.717, 1.165) is 25.6 Å². The van der Waals surface area contributed by atoms with Gasteiger partial charge in [-0.2, -0.15) is 0 Å². The molecule has 2 aromatic rings. The number of amides is 1. The summed E-state index contributed by atoms with van der Waals surface area (Å²) in [6, 6.07) is 3.61. The van der Waals surface area contributed by atoms with Crippen LogP contribution in [0.3, 0.4) is 0 Å². The Kier molecular flexibility index (Phi) is 5.32. The topological polar surface area (TPSA) is 103 Å². The number of nitrogens with zero attached hydrogens (tertiary/aromatic N) is 5. The summed E-state index contributed by atoms with van der Waals surface area (Å²) in [4.78, 5) is 24.5. The van der Waals surface area contributed by atoms with Crippen LogP contribution in [-0.2, 0) is 11.3 Å². The fraction of sp³-hybridized carbons (Fsp3) is 0.500. The molecule has 2 aromatic heterocycles. The summed E-state index contributed by atoms with van der Waals surface area (Å²) < 4.78 is 5.29. The Bertz CT molecular complexity index is 715. The molecule has 0 aromatic carbocycles. The van der Waals surface area contributed by atoms with Crippen molar-refractivity contribution < 1.29 is 9.21 Å². The lowest BCUT2D eigenvalue weighted by atomic mass is 10.3. The van der Waals surface area contributed by atoms with E-state index in [4.69, 9.17) is 4.42 Å². The lowest BCUT2D eigenvalue weighted by molar-refractivity contribution is -0.130. The molecule has 0 spiro atoms. The number of aromatic amines is 1. The van der Waals surface area contributed by atoms with Gasteiger partial charge in [-0.1, -0.05) is 0 Å². The molecule has 1 amide bonds. The first-order chi connectivity index (χ1) is 12.2. The van der Waals surface area contributed by atoms with Crippen LogP contribution in [0.2, 0.25) is 0 Å². The van der Waals surface area contributed by atoms with Crippen molar-refractivity contribution in [2.45, 2.75) is 20.4 Å². The first-order valence-corrected chi connectivity index (χ1v) is 8.41. The minimum absolute atomic E-state index is 0.119. The maximum atomic E-state index is 11.4. The average molecular weight is 345 g/mol. The van der Waals surface area contributed by atoms with E-state index < -0.39 is 0 Å². The van der Waals surface area contributed by atoms with Crippen LogP contribution in [0, 0.1) is 0 Å². The molecule has 3 heterocycles. The second-order valence-corrected chi connectivity index (χ2v) is 5.75. The lowest BCUT2D eigenvalue weighted by Crippen LogP contribution is -2.53. The van der Waals surface area contributed by atoms with Crippen LogP contribution >= 0.6 is 0 Å². The summed E-state index contributed by atoms with van der Waals surface area (Å²) in [5, 5.41) is 10.3. The van der Waals surface area contributed by atoms with Crippen molar-refractivity contribution in [3.63, 3.8) is 0 Å². The molecule has 0 atom stereocenters. The van der Waals surface area contributed by atoms with Crippen LogP contribution in [0.5, 0.6) is 0 Å². The Hall–Kier alpha value is -2.84. The summed E-state index contributed by atoms with van der Waals surface area (Å²) in [6.07, 6.45) is 1.59. The van der Waals surface area contributed by atoms with Gasteiger partial charge in [-0.3, -0.25) is 9.89 Å². The highest BCUT2D eigenvalue weighted by Crippen LogP contribution is 2.14. The molecule has 2 N–H and O–H groups in total. The third-order valence-electron chi connectivity index (χ3n) is 4.01. The van der Waals surface area contributed by atoms with Gasteiger partial charge in [0.2, 0.25) is 11.7 Å². The molecular weight excluding hydrogens is 322 g/mol. The van der Waals surface area contributed by atoms with Gasteiger partial charge in [0.1, 0.15) is 12.4 Å². The van der Waals surface area contributed by atoms with Crippen molar-refractivity contribution in [1.82, 2.24) is 30.3 Å². The molecule has 0 saturated carbocycles. The Balaban J connectivity index is 1.64. The number of guanidine groups is 1. The Morgan fingerprint density at radius 3 is 2.76 bits per heavy atom. The Labute approximate surface area is 146 Å². The predicted molar refractivity (Wildman–Crippen MR) is 92.7 cm³/mol. The zero-order valence-electron chi connectivity index (χ0n) is 14.5. The van der Waals surface area contributed by atoms with Crippen molar-refractivity contribution in [3.8, 4) is 11.6 Å². The zero-order valence-corrected chi connectivity index (χ0v) is 14.5. The van der Waals surface area contributed by atoms with E-state index >= 15 is 0 Å². The van der Waals surface area contributed by atoms with Crippen LogP contribution in [0.25, 0.3) is 11.6 Å². The number of carbonyl (C=O) groups excluding carboxylic acids is 1. The van der Waals surface area contributed by atoms with E-state index in [1.165, 1.54) is 0 Å². The summed E-state index contributed by atoms with van der Waals surface area (Å²) in [7, 11) is 0. The molecule has 1 saturated heterocycles. The van der Waals surface area contributed by atoms with Gasteiger partial charge in [0.15, 0.2) is 11.7 Å². The third-order valence-corrected chi connectivity index (χ3v) is 4.01. The number of carbonyl (C=O) groups is 1. The molecule has 9 nitrogen and oxygen atoms in total. The number of nitrogens with one attached hydrogen (secondary N) is 2. The van der Waals surface area contributed by atoms with Crippen molar-refractivity contribution in [2.24, 2.45) is 4.99 Å². The van der Waals surface area contributed by atoms with E-state index in [-0.39, 0.29) is 5.91 Å². The van der Waals surface area contributed by atoms with Crippen molar-refractivity contribution in [2.75, 3.05) is 32.7 Å². The molecule has 0 radical (unpaired) electrons. The van der Waals surface area contributed by atoms with Crippen LogP contribution in [-0.4, -0.2) is 69.6 Å². The molecule has 0 aliphatic carbocycles. The fourth-order valence-corrected chi connectivity index (χ4v) is 2.69. The van der Waals surface area contributed by atoms with Gasteiger partial charge in [0.05, 0.1) is 6.26 Å². The normalized spacial score (nSPS) is 15.5. The highest BCUT2D eigenvalue weighted by molar-refractivity contribution is 5.80. The van der Waals surface area contributed by atoms with Crippen LogP contribution in [0.4, 0.5) is 0 Å². The number of piperazine rings is 1. The number of furan rings is 1. The standard InChI is InChI=1S/C16H23N7O2/c1-3-17-16(23-8-6-22(7-9-23)12(2)24)18-11-14-19-15(21-20-14)13-5-4-10-25-13/h4-5,10H,3,6-9,11H2,1-2H3,(H,17,18)(H,19,20,21). The Morgan fingerprint density at radius 1 is 1.36 bits per heavy atom. The number of aromatic nitrogens is 3. The smallest absolute Gasteiger partial charge is 0.219 e. The molecular formula is C16H23N7O2. The molecule has 1 aliphatic heterocycles. The number of aliphatic imine (C=N–C) groups is 1. The number of hydrogen-bond acceptors (Lipinski definition) is 5. The second-order valence-electron chi connectivity index (χ2n) is 5.75. The molecule has 134 valence electrons. The van der Waals surface area contributed by atoms with Crippen molar-refractivity contribution >= 4 is 11.9 Å². The quantitative estimate of drug-likeness (QED) is 0.624. The van der Waals surface area contributed by atoms with Crippen molar-refractivity contribution in [1.29, 1.82) is 0 Å². The van der Waals surface area contributed by atoms with Crippen LogP contribution < -0.4 is 5.32 Å². The monoisotopic (exact) mass is 345 g/mol. The summed E-state index contributed by atoms with van der Waals surface area (Å²) in [5.41, 5.74) is 0. The first kappa shape index (κ1) is 17.0. The van der Waals surface area contributed by atoms with E-state index in [1.54, 1.807) is 19.3 Å². The molecule has 1 aliphatic rings. The Morgan fingerprint density at radius 2 is 2.12 bits per heavy atom. The maximum Gasteiger partial charge on any atom is 0.219 e. The van der Waals surface area contributed by atoms with Crippen LogP contribution in [0.15, 0.2) is 27.8 Å². The molecule has 0 bridgehead atoms. The number of hydrogen-bond donors (Lipinski definition) is 2. The van der Waals surface area contributed by atoms with Gasteiger partial charge in [0, 0.05) is 39.6 Å². The number of rotatable bonds is 4. The highest BCUT2D eigenvalue weighted by atomic mass is 16.3. The van der Waals surface area contributed by atoms with E-state index in [9.17, 15) is 4.79 Å². The van der Waals surface area contributed by atoms with Gasteiger partial charge in [-0.05, 0) is 19.1 Å². The first-order valence-electron chi connectivity index (χ1n) is 8.41. The zero-order chi connectivity index (χ0) is 17.6. The van der Waals surface area contributed by atoms with E-state index in [2.05, 4.69) is 30.4 Å².